The second-order valence-electron chi connectivity index (χ2n) is 22.4. The van der Waals surface area contributed by atoms with Gasteiger partial charge >= 0.3 is 0 Å². The van der Waals surface area contributed by atoms with E-state index in [2.05, 4.69) is 289 Å². The molecular weight excluding hydrogens is 1040 g/mol. The second-order valence-corrected chi connectivity index (χ2v) is 22.4. The maximum atomic E-state index is 6.57. The van der Waals surface area contributed by atoms with Gasteiger partial charge in [-0.15, -0.1) is 0 Å². The van der Waals surface area contributed by atoms with Crippen LogP contribution in [-0.2, 0) is 12.8 Å². The van der Waals surface area contributed by atoms with Crippen LogP contribution in [0.15, 0.2) is 286 Å². The zero-order valence-electron chi connectivity index (χ0n) is 48.8. The lowest BCUT2D eigenvalue weighted by molar-refractivity contribution is 0.635. The van der Waals surface area contributed by atoms with Crippen molar-refractivity contribution < 1.29 is 0 Å². The van der Waals surface area contributed by atoms with E-state index < -0.39 is 0 Å². The molecule has 3 aliphatic rings. The van der Waals surface area contributed by atoms with E-state index in [-0.39, 0.29) is 6.04 Å². The fourth-order valence-electron chi connectivity index (χ4n) is 13.6. The van der Waals surface area contributed by atoms with Crippen LogP contribution >= 0.6 is 0 Å². The highest BCUT2D eigenvalue weighted by Crippen LogP contribution is 2.49. The maximum absolute atomic E-state index is 6.57. The molecule has 2 aromatic heterocycles. The van der Waals surface area contributed by atoms with Crippen molar-refractivity contribution in [2.24, 2.45) is 0 Å². The van der Waals surface area contributed by atoms with Crippen molar-refractivity contribution in [3.8, 4) is 50.2 Å². The molecule has 0 aliphatic heterocycles. The third-order valence-corrected chi connectivity index (χ3v) is 17.5. The summed E-state index contributed by atoms with van der Waals surface area (Å²) >= 11 is 0. The summed E-state index contributed by atoms with van der Waals surface area (Å²) in [5.41, 5.74) is 36.4. The lowest BCUT2D eigenvalue weighted by Crippen LogP contribution is -2.13. The van der Waals surface area contributed by atoms with E-state index in [1.54, 1.807) is 6.08 Å². The van der Waals surface area contributed by atoms with Gasteiger partial charge in [-0.1, -0.05) is 231 Å². The van der Waals surface area contributed by atoms with Gasteiger partial charge in [-0.3, -0.25) is 0 Å². The number of nitrogens with two attached hydrogens (primary N) is 1. The predicted octanol–water partition coefficient (Wildman–Crippen LogP) is 21.2. The molecule has 0 amide bonds. The van der Waals surface area contributed by atoms with Crippen molar-refractivity contribution in [2.75, 3.05) is 18.1 Å². The lowest BCUT2D eigenvalue weighted by atomic mass is 9.91. The highest BCUT2D eigenvalue weighted by atomic mass is 15.0. The number of anilines is 2. The average Bonchev–Trinajstić information content (AvgIpc) is 1.79. The van der Waals surface area contributed by atoms with Gasteiger partial charge in [0.25, 0.3) is 0 Å². The Labute approximate surface area is 504 Å². The Bertz CT molecular complexity index is 4920. The fourth-order valence-corrected chi connectivity index (χ4v) is 13.6. The fraction of sp³-hybridized carbons (Fsp3) is 0.0732. The van der Waals surface area contributed by atoms with Gasteiger partial charge in [-0.2, -0.15) is 0 Å². The molecule has 0 bridgehead atoms. The quantitative estimate of drug-likeness (QED) is 0.118. The molecule has 0 saturated heterocycles. The second kappa shape index (κ2) is 22.8. The summed E-state index contributed by atoms with van der Waals surface area (Å²) in [4.78, 5) is 0. The van der Waals surface area contributed by atoms with Crippen LogP contribution in [0.5, 0.6) is 0 Å². The molecule has 1 atom stereocenters. The summed E-state index contributed by atoms with van der Waals surface area (Å²) < 4.78 is 4.98. The molecular formula is C82H66N4. The Morgan fingerprint density at radius 1 is 0.500 bits per heavy atom. The molecule has 4 nitrogen and oxygen atoms in total. The third-order valence-electron chi connectivity index (χ3n) is 17.5. The molecule has 2 heterocycles. The number of nitrogen functional groups attached to an aromatic ring is 1. The highest BCUT2D eigenvalue weighted by molar-refractivity contribution is 6.13. The Morgan fingerprint density at radius 3 is 1.78 bits per heavy atom. The highest BCUT2D eigenvalue weighted by Gasteiger charge is 2.27. The monoisotopic (exact) mass is 1110 g/mol. The number of aromatic nitrogens is 2. The number of nitrogens with zero attached hydrogens (tertiary/aromatic N) is 2. The largest absolute Gasteiger partial charge is 0.398 e. The van der Waals surface area contributed by atoms with Gasteiger partial charge in [-0.25, -0.2) is 0 Å². The van der Waals surface area contributed by atoms with Crippen molar-refractivity contribution in [1.82, 2.24) is 9.13 Å². The topological polar surface area (TPSA) is 47.9 Å². The number of rotatable bonds is 8. The Morgan fingerprint density at radius 2 is 1.07 bits per heavy atom. The first-order valence-corrected chi connectivity index (χ1v) is 29.9. The number of para-hydroxylation sites is 2. The van der Waals surface area contributed by atoms with Gasteiger partial charge in [0.1, 0.15) is 0 Å². The minimum absolute atomic E-state index is 0.200. The first kappa shape index (κ1) is 53.3. The molecule has 1 unspecified atom stereocenters. The van der Waals surface area contributed by atoms with Gasteiger partial charge in [0.05, 0.1) is 17.1 Å². The van der Waals surface area contributed by atoms with Gasteiger partial charge in [0.15, 0.2) is 0 Å². The van der Waals surface area contributed by atoms with Crippen LogP contribution < -0.4 is 11.1 Å². The van der Waals surface area contributed by atoms with Crippen molar-refractivity contribution in [3.05, 3.63) is 325 Å². The molecule has 0 fully saturated rings. The Balaban J connectivity index is 0.000000249. The van der Waals surface area contributed by atoms with Crippen LogP contribution in [0.3, 0.4) is 0 Å². The normalized spacial score (nSPS) is 14.4. The van der Waals surface area contributed by atoms with Crippen LogP contribution in [0.1, 0.15) is 58.8 Å². The summed E-state index contributed by atoms with van der Waals surface area (Å²) in [7, 11) is 1.98. The van der Waals surface area contributed by atoms with Gasteiger partial charge < -0.3 is 20.2 Å². The third kappa shape index (κ3) is 9.37. The zero-order valence-corrected chi connectivity index (χ0v) is 48.8. The molecule has 0 spiro atoms. The smallest absolute Gasteiger partial charge is 0.0566 e. The number of benzene rings is 11. The van der Waals surface area contributed by atoms with Gasteiger partial charge in [0.2, 0.25) is 0 Å². The SMILES string of the molecule is C/C=C1/c2ccccc2-c2cccc(NC)c21.C=C/C=C\C.Nc1cccc2c1/C(=C\Cc1ccc3c(c1)C=CC(n1c4ccccc4c4cc(-c5ccc6c(c5)c5ccccc5n6-c5cccc(-c6ccccc6)c5)ccc41)C3)c1ccccc1-2. The van der Waals surface area contributed by atoms with Crippen LogP contribution in [-0.4, -0.2) is 16.2 Å². The molecule has 86 heavy (non-hydrogen) atoms. The van der Waals surface area contributed by atoms with Crippen molar-refractivity contribution >= 4 is 72.2 Å². The van der Waals surface area contributed by atoms with Gasteiger partial charge in [-0.05, 0) is 171 Å². The van der Waals surface area contributed by atoms with E-state index in [0.717, 1.165) is 29.8 Å². The van der Waals surface area contributed by atoms with Crippen LogP contribution in [0.4, 0.5) is 11.4 Å². The van der Waals surface area contributed by atoms with E-state index in [4.69, 9.17) is 5.73 Å². The van der Waals surface area contributed by atoms with Crippen molar-refractivity contribution in [3.63, 3.8) is 0 Å². The maximum Gasteiger partial charge on any atom is 0.0566 e. The number of allylic oxidation sites excluding steroid dienone is 6. The van der Waals surface area contributed by atoms with E-state index >= 15 is 0 Å². The molecule has 11 aromatic carbocycles. The molecule has 0 saturated carbocycles. The van der Waals surface area contributed by atoms with E-state index in [1.807, 2.05) is 32.2 Å². The first-order valence-electron chi connectivity index (χ1n) is 29.9. The standard InChI is InChI=1S/C61H43N3.C16H15N.C5H8/c62-56-21-11-20-52-48-16-4-5-17-49(48)53(61(52)56)31-25-39-24-26-43-36-47(30-27-42(43)34-39)64-58-23-9-7-19-51(58)55-38-45(29-33-60(55)64)44-28-32-59-54(37-44)50-18-6-8-22-57(50)63(59)46-15-10-14-41(35-46)40-12-2-1-3-13-40;1-3-11-12-7-4-5-8-13(12)14-9-6-10-15(17-2)16(11)14;1-3-5-4-2/h1-24,26-35,37-38,47H,25,36,62H2;3-10,17H,1-2H3;3-5H,1H2,2H3/b53-31-;11-3-;5-4-. The molecule has 3 aliphatic carbocycles. The summed E-state index contributed by atoms with van der Waals surface area (Å²) in [6.07, 6.45) is 16.7. The van der Waals surface area contributed by atoms with Crippen LogP contribution in [0.2, 0.25) is 0 Å². The lowest BCUT2D eigenvalue weighted by Gasteiger charge is -2.23. The summed E-state index contributed by atoms with van der Waals surface area (Å²) in [6, 6.07) is 88.6. The molecule has 0 radical (unpaired) electrons. The summed E-state index contributed by atoms with van der Waals surface area (Å²) in [5, 5.41) is 8.37. The first-order chi connectivity index (χ1) is 42.4. The molecule has 414 valence electrons. The molecule has 4 heteroatoms. The van der Waals surface area contributed by atoms with E-state index in [0.29, 0.717) is 0 Å². The molecule has 16 rings (SSSR count). The average molecular weight is 1110 g/mol. The van der Waals surface area contributed by atoms with Gasteiger partial charge in [0, 0.05) is 67.8 Å². The van der Waals surface area contributed by atoms with E-state index in [9.17, 15) is 0 Å². The zero-order chi connectivity index (χ0) is 58.3. The number of fused-ring (bicyclic) bond motifs is 13. The molecule has 3 N–H and O–H groups in total. The molecule has 13 aromatic rings. The van der Waals surface area contributed by atoms with Crippen LogP contribution in [0.25, 0.3) is 111 Å². The number of hydrogen-bond donors (Lipinski definition) is 2. The predicted molar refractivity (Wildman–Crippen MR) is 369 cm³/mol. The Hall–Kier alpha value is -10.7. The van der Waals surface area contributed by atoms with Crippen molar-refractivity contribution in [2.45, 2.75) is 32.7 Å². The summed E-state index contributed by atoms with van der Waals surface area (Å²) in [5.74, 6) is 0. The Kier molecular flexibility index (Phi) is 14.2. The minimum atomic E-state index is 0.200. The number of nitrogens with one attached hydrogen (secondary N) is 1. The van der Waals surface area contributed by atoms with Crippen LogP contribution in [0, 0.1) is 0 Å². The van der Waals surface area contributed by atoms with Crippen molar-refractivity contribution in [1.29, 1.82) is 0 Å². The van der Waals surface area contributed by atoms with E-state index in [1.165, 1.54) is 138 Å². The number of hydrogen-bond acceptors (Lipinski definition) is 2. The summed E-state index contributed by atoms with van der Waals surface area (Å²) in [6.45, 7) is 7.53. The minimum Gasteiger partial charge on any atom is -0.398 e.